The molecule has 4 heterocycles. The van der Waals surface area contributed by atoms with Crippen molar-refractivity contribution < 1.29 is 48.7 Å². The summed E-state index contributed by atoms with van der Waals surface area (Å²) >= 11 is 0. The summed E-state index contributed by atoms with van der Waals surface area (Å²) in [5.41, 5.74) is 4.72. The van der Waals surface area contributed by atoms with Crippen LogP contribution < -0.4 is 34.4 Å². The Labute approximate surface area is 462 Å². The van der Waals surface area contributed by atoms with Gasteiger partial charge < -0.3 is 59.2 Å². The number of carbonyl (C=O) groups is 3. The predicted molar refractivity (Wildman–Crippen MR) is 308 cm³/mol. The van der Waals surface area contributed by atoms with Gasteiger partial charge in [0.25, 0.3) is 0 Å². The third-order valence-corrected chi connectivity index (χ3v) is 13.7. The second-order valence-electron chi connectivity index (χ2n) is 19.1. The zero-order chi connectivity index (χ0) is 55.7. The summed E-state index contributed by atoms with van der Waals surface area (Å²) in [7, 11) is 2.86. The number of rotatable bonds is 20. The van der Waals surface area contributed by atoms with E-state index in [2.05, 4.69) is 73.1 Å². The van der Waals surface area contributed by atoms with Crippen LogP contribution in [0.2, 0.25) is 0 Å². The second-order valence-corrected chi connectivity index (χ2v) is 19.1. The van der Waals surface area contributed by atoms with Crippen LogP contribution in [0.15, 0.2) is 97.1 Å². The first-order valence-electron chi connectivity index (χ1n) is 27.1. The number of carbonyl (C=O) groups excluding carboxylic acids is 2. The number of hydrogen-bond donors (Lipinski definition) is 4. The number of nitrogens with one attached hydrogen (secondary N) is 1. The van der Waals surface area contributed by atoms with E-state index < -0.39 is 5.97 Å². The largest absolute Gasteiger partial charge is 0.508 e. The number of aliphatic carboxylic acids is 1. The van der Waals surface area contributed by atoms with Crippen molar-refractivity contribution in [2.24, 2.45) is 0 Å². The Morgan fingerprint density at radius 3 is 1.05 bits per heavy atom. The van der Waals surface area contributed by atoms with E-state index in [4.69, 9.17) is 32.5 Å². The third kappa shape index (κ3) is 23.1. The number of nitrogens with zero attached hydrogens (tertiary/aromatic N) is 7. The molecule has 78 heavy (non-hydrogen) atoms. The average Bonchev–Trinajstić information content (AvgIpc) is 3.48. The maximum absolute atomic E-state index is 11.1. The summed E-state index contributed by atoms with van der Waals surface area (Å²) in [4.78, 5) is 49.1. The number of phenolic OH excluding ortho intramolecular Hbond substituents is 2. The van der Waals surface area contributed by atoms with Crippen LogP contribution in [-0.4, -0.2) is 200 Å². The molecular weight excluding hydrogens is 993 g/mol. The SMILES string of the molecule is C#CCOc1ccc(N2CCN(CCCC(=O)O)CC2)cc1.C#CCOc1ccc(N2CCN(CCCC(=O)OC)CC2)cc1.COC(=O)CCCN1CCN(c2ccc(O)cc2)CC1.Oc1ccc(N2CCNCC2)cc1. The highest BCUT2D eigenvalue weighted by atomic mass is 16.5. The fourth-order valence-corrected chi connectivity index (χ4v) is 9.25. The Hall–Kier alpha value is -7.35. The lowest BCUT2D eigenvalue weighted by Crippen LogP contribution is -2.46. The van der Waals surface area contributed by atoms with Gasteiger partial charge >= 0.3 is 17.9 Å². The van der Waals surface area contributed by atoms with E-state index in [0.29, 0.717) is 30.9 Å². The molecule has 18 heteroatoms. The van der Waals surface area contributed by atoms with E-state index in [1.807, 2.05) is 60.7 Å². The van der Waals surface area contributed by atoms with Gasteiger partial charge in [-0.2, -0.15) is 0 Å². The minimum absolute atomic E-state index is 0.129. The average molecular weight is 1080 g/mol. The second kappa shape index (κ2) is 35.1. The Morgan fingerprint density at radius 1 is 0.462 bits per heavy atom. The lowest BCUT2D eigenvalue weighted by atomic mass is 10.2. The van der Waals surface area contributed by atoms with Gasteiger partial charge in [0.05, 0.1) is 14.2 Å². The summed E-state index contributed by atoms with van der Waals surface area (Å²) in [5.74, 6) is 6.15. The van der Waals surface area contributed by atoms with Crippen LogP contribution in [0.1, 0.15) is 38.5 Å². The van der Waals surface area contributed by atoms with Crippen LogP contribution in [0, 0.1) is 24.7 Å². The van der Waals surface area contributed by atoms with Crippen LogP contribution >= 0.6 is 0 Å². The number of anilines is 4. The Morgan fingerprint density at radius 2 is 0.756 bits per heavy atom. The molecule has 4 aliphatic heterocycles. The molecule has 0 unspecified atom stereocenters. The zero-order valence-corrected chi connectivity index (χ0v) is 45.8. The van der Waals surface area contributed by atoms with Crippen molar-refractivity contribution in [3.05, 3.63) is 97.1 Å². The van der Waals surface area contributed by atoms with Crippen molar-refractivity contribution in [3.8, 4) is 47.7 Å². The molecule has 0 spiro atoms. The van der Waals surface area contributed by atoms with Crippen molar-refractivity contribution >= 4 is 40.7 Å². The molecule has 8 rings (SSSR count). The van der Waals surface area contributed by atoms with Crippen LogP contribution in [0.3, 0.4) is 0 Å². The van der Waals surface area contributed by atoms with Crippen LogP contribution in [0.5, 0.6) is 23.0 Å². The highest BCUT2D eigenvalue weighted by Crippen LogP contribution is 2.24. The molecule has 0 amide bonds. The molecule has 18 nitrogen and oxygen atoms in total. The van der Waals surface area contributed by atoms with Gasteiger partial charge in [-0.3, -0.25) is 29.1 Å². The lowest BCUT2D eigenvalue weighted by molar-refractivity contribution is -0.141. The molecule has 0 radical (unpaired) electrons. The fourth-order valence-electron chi connectivity index (χ4n) is 9.25. The minimum atomic E-state index is -0.717. The van der Waals surface area contributed by atoms with E-state index >= 15 is 0 Å². The van der Waals surface area contributed by atoms with Crippen molar-refractivity contribution in [1.29, 1.82) is 0 Å². The molecule has 4 aliphatic rings. The van der Waals surface area contributed by atoms with Crippen LogP contribution in [0.4, 0.5) is 22.7 Å². The quantitative estimate of drug-likeness (QED) is 0.0622. The number of phenols is 2. The molecule has 4 aromatic rings. The smallest absolute Gasteiger partial charge is 0.305 e. The van der Waals surface area contributed by atoms with E-state index in [9.17, 15) is 19.5 Å². The molecule has 0 saturated carbocycles. The Bertz CT molecular complexity index is 2400. The monoisotopic (exact) mass is 1070 g/mol. The maximum atomic E-state index is 11.1. The van der Waals surface area contributed by atoms with Crippen LogP contribution in [0.25, 0.3) is 0 Å². The molecule has 0 aromatic heterocycles. The van der Waals surface area contributed by atoms with E-state index in [0.717, 1.165) is 161 Å². The first-order valence-corrected chi connectivity index (χ1v) is 27.1. The van der Waals surface area contributed by atoms with Crippen molar-refractivity contribution in [1.82, 2.24) is 20.0 Å². The number of carboxylic acid groups (broad SMARTS) is 1. The number of ether oxygens (including phenoxy) is 4. The first kappa shape index (κ1) is 61.5. The highest BCUT2D eigenvalue weighted by Gasteiger charge is 2.20. The topological polar surface area (TPSA) is 184 Å². The standard InChI is InChI=1S/C18H24N2O3.C17H22N2O3.C15H22N2O3.C10H14N2O/c1-3-15-23-17-8-6-16(7-9-17)20-13-11-19(12-14-20)10-4-5-18(21)22-2;1-2-14-22-16-7-5-15(6-8-16)19-12-10-18(11-13-19)9-3-4-17(20)21;1-20-15(19)3-2-8-16-9-11-17(12-10-16)13-4-6-14(18)7-5-13;13-10-3-1-9(2-4-10)12-7-5-11-6-8-12/h1,6-9H,4-5,10-15H2,2H3;1,5-8H,3-4,9-14H2,(H,20,21);4-7,18H,2-3,8-12H2,1H3;1-4,11,13H,5-8H2. The molecular formula is C60H82N8O10. The van der Waals surface area contributed by atoms with Gasteiger partial charge in [-0.15, -0.1) is 12.8 Å². The minimum Gasteiger partial charge on any atom is -0.508 e. The van der Waals surface area contributed by atoms with Crippen molar-refractivity contribution in [2.75, 3.05) is 171 Å². The fraction of sp³-hybridized carbons (Fsp3) is 0.483. The van der Waals surface area contributed by atoms with Gasteiger partial charge in [-0.1, -0.05) is 11.8 Å². The van der Waals surface area contributed by atoms with E-state index in [1.54, 1.807) is 24.3 Å². The zero-order valence-electron chi connectivity index (χ0n) is 45.8. The van der Waals surface area contributed by atoms with E-state index in [1.165, 1.54) is 31.3 Å². The number of benzene rings is 4. The summed E-state index contributed by atoms with van der Waals surface area (Å²) in [6.45, 7) is 19.3. The molecule has 4 fully saturated rings. The summed E-state index contributed by atoms with van der Waals surface area (Å²) < 4.78 is 20.1. The van der Waals surface area contributed by atoms with Gasteiger partial charge in [0.15, 0.2) is 0 Å². The maximum Gasteiger partial charge on any atom is 0.305 e. The summed E-state index contributed by atoms with van der Waals surface area (Å²) in [6.07, 6.45) is 14.0. The molecule has 4 N–H and O–H groups in total. The molecule has 0 aliphatic carbocycles. The summed E-state index contributed by atoms with van der Waals surface area (Å²) in [5, 5.41) is 30.4. The number of aromatic hydroxyl groups is 2. The van der Waals surface area contributed by atoms with Crippen LogP contribution in [-0.2, 0) is 23.9 Å². The molecule has 4 saturated heterocycles. The van der Waals surface area contributed by atoms with E-state index in [-0.39, 0.29) is 25.0 Å². The molecule has 0 bridgehead atoms. The number of piperazine rings is 4. The Kier molecular flexibility index (Phi) is 27.7. The predicted octanol–water partition coefficient (Wildman–Crippen LogP) is 5.73. The third-order valence-electron chi connectivity index (χ3n) is 13.7. The number of hydrogen-bond acceptors (Lipinski definition) is 17. The summed E-state index contributed by atoms with van der Waals surface area (Å²) in [6, 6.07) is 30.7. The van der Waals surface area contributed by atoms with Crippen molar-refractivity contribution in [3.63, 3.8) is 0 Å². The van der Waals surface area contributed by atoms with Gasteiger partial charge in [-0.05, 0) is 136 Å². The first-order chi connectivity index (χ1) is 38.0. The van der Waals surface area contributed by atoms with Crippen molar-refractivity contribution in [2.45, 2.75) is 38.5 Å². The number of carboxylic acids is 1. The number of methoxy groups -OCH3 is 2. The van der Waals surface area contributed by atoms with Gasteiger partial charge in [0.2, 0.25) is 0 Å². The van der Waals surface area contributed by atoms with Gasteiger partial charge in [0.1, 0.15) is 36.2 Å². The molecule has 4 aromatic carbocycles. The lowest BCUT2D eigenvalue weighted by Gasteiger charge is -2.36. The van der Waals surface area contributed by atoms with Gasteiger partial charge in [0, 0.05) is 147 Å². The van der Waals surface area contributed by atoms with Gasteiger partial charge in [-0.25, -0.2) is 0 Å². The Balaban J connectivity index is 0.000000195. The number of esters is 2. The number of terminal acetylenes is 2. The molecule has 422 valence electrons. The highest BCUT2D eigenvalue weighted by molar-refractivity contribution is 5.69. The molecule has 0 atom stereocenters. The normalized spacial score (nSPS) is 15.8.